The van der Waals surface area contributed by atoms with Gasteiger partial charge in [-0.2, -0.15) is 0 Å². The van der Waals surface area contributed by atoms with E-state index >= 15 is 0 Å². The number of aliphatic hydroxyl groups excluding tert-OH is 1. The first-order valence-corrected chi connectivity index (χ1v) is 17.3. The average molecular weight is 689 g/mol. The van der Waals surface area contributed by atoms with Crippen molar-refractivity contribution in [2.75, 3.05) is 20.1 Å². The van der Waals surface area contributed by atoms with Gasteiger partial charge in [-0.3, -0.25) is 28.8 Å². The first kappa shape index (κ1) is 41.1. The monoisotopic (exact) mass is 688 g/mol. The van der Waals surface area contributed by atoms with Crippen LogP contribution < -0.4 is 27.0 Å². The Morgan fingerprint density at radius 2 is 1.53 bits per heavy atom. The molecule has 1 saturated heterocycles. The summed E-state index contributed by atoms with van der Waals surface area (Å²) in [5.41, 5.74) is 6.58. The summed E-state index contributed by atoms with van der Waals surface area (Å²) in [5.74, 6) is -5.09. The second kappa shape index (κ2) is 20.5. The first-order chi connectivity index (χ1) is 23.2. The fourth-order valence-corrected chi connectivity index (χ4v) is 5.67. The van der Waals surface area contributed by atoms with E-state index in [0.717, 1.165) is 24.8 Å². The van der Waals surface area contributed by atoms with Crippen molar-refractivity contribution in [1.29, 1.82) is 0 Å². The van der Waals surface area contributed by atoms with Crippen molar-refractivity contribution in [3.63, 3.8) is 0 Å². The molecule has 0 saturated carbocycles. The lowest BCUT2D eigenvalue weighted by Gasteiger charge is -2.34. The van der Waals surface area contributed by atoms with Gasteiger partial charge in [-0.25, -0.2) is 0 Å². The predicted octanol–water partition coefficient (Wildman–Crippen LogP) is 0.544. The van der Waals surface area contributed by atoms with E-state index in [1.165, 1.54) is 18.9 Å². The molecule has 7 N–H and O–H groups in total. The lowest BCUT2D eigenvalue weighted by molar-refractivity contribution is -0.157. The summed E-state index contributed by atoms with van der Waals surface area (Å²) in [6.45, 7) is 7.86. The highest BCUT2D eigenvalue weighted by atomic mass is 16.5. The van der Waals surface area contributed by atoms with Gasteiger partial charge >= 0.3 is 5.97 Å². The van der Waals surface area contributed by atoms with Crippen LogP contribution in [0.15, 0.2) is 30.3 Å². The Morgan fingerprint density at radius 3 is 2.12 bits per heavy atom. The summed E-state index contributed by atoms with van der Waals surface area (Å²) in [5, 5.41) is 20.5. The molecule has 0 aromatic heterocycles. The Kier molecular flexibility index (Phi) is 17.2. The molecule has 1 aliphatic rings. The van der Waals surface area contributed by atoms with Crippen LogP contribution in [0.2, 0.25) is 0 Å². The van der Waals surface area contributed by atoms with Crippen LogP contribution in [-0.2, 0) is 39.9 Å². The van der Waals surface area contributed by atoms with Gasteiger partial charge in [-0.15, -0.1) is 0 Å². The van der Waals surface area contributed by atoms with Crippen molar-refractivity contribution in [2.45, 2.75) is 116 Å². The number of hydrogen-bond acceptors (Lipinski definition) is 9. The van der Waals surface area contributed by atoms with Crippen molar-refractivity contribution < 1.29 is 38.6 Å². The number of nitrogens with zero attached hydrogens (tertiary/aromatic N) is 1. The Hall–Kier alpha value is -4.04. The van der Waals surface area contributed by atoms with Crippen LogP contribution in [0.4, 0.5) is 0 Å². The summed E-state index contributed by atoms with van der Waals surface area (Å²) >= 11 is 0. The number of aliphatic hydroxyl groups is 1. The number of unbranched alkanes of at least 4 members (excludes halogenated alkanes) is 3. The summed E-state index contributed by atoms with van der Waals surface area (Å²) in [6, 6.07) is 3.99. The molecular weight excluding hydrogens is 632 g/mol. The number of cyclic esters (lactones) is 1. The number of ether oxygens (including phenoxy) is 1. The summed E-state index contributed by atoms with van der Waals surface area (Å²) < 4.78 is 5.74. The molecule has 0 unspecified atom stereocenters. The quantitative estimate of drug-likeness (QED) is 0.141. The van der Waals surface area contributed by atoms with Crippen LogP contribution in [0.5, 0.6) is 0 Å². The molecule has 1 aromatic carbocycles. The molecule has 49 heavy (non-hydrogen) atoms. The zero-order chi connectivity index (χ0) is 36.7. The molecule has 7 atom stereocenters. The molecule has 14 heteroatoms. The summed E-state index contributed by atoms with van der Waals surface area (Å²) in [6.07, 6.45) is 1.98. The molecule has 0 aliphatic carbocycles. The highest BCUT2D eigenvalue weighted by molar-refractivity contribution is 5.96. The van der Waals surface area contributed by atoms with Crippen LogP contribution in [0.1, 0.15) is 78.7 Å². The molecule has 1 heterocycles. The van der Waals surface area contributed by atoms with Crippen molar-refractivity contribution in [3.05, 3.63) is 35.9 Å². The SMILES string of the molecule is CCCCCC[C@H]1OC(=O)CNC(=O)[C@H]([C@H](C)O)NC(=O)[C@H](CN)NC(=O)[C@H](Cc2ccccc2)NC(=O)[C@H](CC(C)C)N(C)C(=O)[C@@H]1C. The fraction of sp³-hybridized carbons (Fsp3) is 0.657. The van der Waals surface area contributed by atoms with E-state index in [0.29, 0.717) is 12.8 Å². The van der Waals surface area contributed by atoms with E-state index < -0.39 is 84.3 Å². The van der Waals surface area contributed by atoms with E-state index in [4.69, 9.17) is 10.5 Å². The van der Waals surface area contributed by atoms with Crippen LogP contribution in [0.3, 0.4) is 0 Å². The van der Waals surface area contributed by atoms with Crippen LogP contribution in [0, 0.1) is 11.8 Å². The molecule has 1 aromatic rings. The third-order valence-electron chi connectivity index (χ3n) is 8.64. The molecule has 0 spiro atoms. The van der Waals surface area contributed by atoms with E-state index in [1.54, 1.807) is 31.2 Å². The largest absolute Gasteiger partial charge is 0.460 e. The van der Waals surface area contributed by atoms with Gasteiger partial charge in [0, 0.05) is 20.0 Å². The number of rotatable bonds is 11. The minimum atomic E-state index is -1.50. The highest BCUT2D eigenvalue weighted by Gasteiger charge is 2.37. The molecule has 5 amide bonds. The second-order valence-corrected chi connectivity index (χ2v) is 13.3. The first-order valence-electron chi connectivity index (χ1n) is 17.3. The molecule has 0 bridgehead atoms. The molecule has 2 rings (SSSR count). The summed E-state index contributed by atoms with van der Waals surface area (Å²) in [7, 11) is 1.52. The van der Waals surface area contributed by atoms with Crippen LogP contribution in [0.25, 0.3) is 0 Å². The van der Waals surface area contributed by atoms with Crippen molar-refractivity contribution in [2.24, 2.45) is 17.6 Å². The number of amides is 5. The smallest absolute Gasteiger partial charge is 0.325 e. The maximum atomic E-state index is 14.0. The average Bonchev–Trinajstić information content (AvgIpc) is 3.06. The Balaban J connectivity index is 2.58. The van der Waals surface area contributed by atoms with Gasteiger partial charge in [0.25, 0.3) is 0 Å². The van der Waals surface area contributed by atoms with Gasteiger partial charge < -0.3 is 41.7 Å². The molecule has 0 radical (unpaired) electrons. The van der Waals surface area contributed by atoms with Crippen molar-refractivity contribution in [1.82, 2.24) is 26.2 Å². The molecular formula is C35H56N6O8. The highest BCUT2D eigenvalue weighted by Crippen LogP contribution is 2.22. The molecule has 274 valence electrons. The Labute approximate surface area is 289 Å². The zero-order valence-electron chi connectivity index (χ0n) is 29.7. The number of hydrogen-bond donors (Lipinski definition) is 6. The van der Waals surface area contributed by atoms with Crippen LogP contribution in [-0.4, -0.2) is 102 Å². The molecule has 14 nitrogen and oxygen atoms in total. The van der Waals surface area contributed by atoms with Gasteiger partial charge in [0.05, 0.1) is 12.0 Å². The minimum Gasteiger partial charge on any atom is -0.460 e. The van der Waals surface area contributed by atoms with Gasteiger partial charge in [0.2, 0.25) is 29.5 Å². The zero-order valence-corrected chi connectivity index (χ0v) is 29.7. The number of nitrogens with one attached hydrogen (secondary N) is 4. The van der Waals surface area contributed by atoms with E-state index in [2.05, 4.69) is 28.2 Å². The van der Waals surface area contributed by atoms with Crippen molar-refractivity contribution in [3.8, 4) is 0 Å². The lowest BCUT2D eigenvalue weighted by Crippen LogP contribution is -2.61. The Bertz CT molecular complexity index is 1260. The maximum absolute atomic E-state index is 14.0. The third-order valence-corrected chi connectivity index (χ3v) is 8.64. The van der Waals surface area contributed by atoms with Gasteiger partial charge in [-0.05, 0) is 37.7 Å². The second-order valence-electron chi connectivity index (χ2n) is 13.3. The minimum absolute atomic E-state index is 0.0113. The predicted molar refractivity (Wildman–Crippen MR) is 183 cm³/mol. The standard InChI is InChI=1S/C35H56N6O8/c1-7-8-9-13-16-28-22(4)35(48)41(6)27(17-21(2)3)33(46)38-25(18-24-14-11-10-12-15-24)31(44)39-26(19-36)32(45)40-30(23(5)42)34(47)37-20-29(43)49-28/h10-12,14-15,21-23,25-28,30,42H,7-9,13,16-20,36H2,1-6H3,(H,37,47)(H,38,46)(H,39,44)(H,40,45)/t22-,23+,25+,26+,27+,28-,30+/m1/s1. The third kappa shape index (κ3) is 13.1. The van der Waals surface area contributed by atoms with Crippen molar-refractivity contribution >= 4 is 35.5 Å². The van der Waals surface area contributed by atoms with E-state index in [9.17, 15) is 33.9 Å². The maximum Gasteiger partial charge on any atom is 0.325 e. The van der Waals surface area contributed by atoms with Gasteiger partial charge in [0.1, 0.15) is 36.8 Å². The van der Waals surface area contributed by atoms with E-state index in [1.807, 2.05) is 19.9 Å². The number of esters is 1. The molecule has 1 fully saturated rings. The Morgan fingerprint density at radius 1 is 0.898 bits per heavy atom. The summed E-state index contributed by atoms with van der Waals surface area (Å²) in [4.78, 5) is 82.3. The fourth-order valence-electron chi connectivity index (χ4n) is 5.67. The van der Waals surface area contributed by atoms with Gasteiger partial charge in [-0.1, -0.05) is 77.3 Å². The lowest BCUT2D eigenvalue weighted by atomic mass is 9.94. The number of carbonyl (C=O) groups excluding carboxylic acids is 6. The molecule has 1 aliphatic heterocycles. The van der Waals surface area contributed by atoms with Crippen LogP contribution >= 0.6 is 0 Å². The number of nitrogens with two attached hydrogens (primary N) is 1. The normalized spacial score (nSPS) is 26.0. The van der Waals surface area contributed by atoms with E-state index in [-0.39, 0.29) is 25.3 Å². The number of carbonyl (C=O) groups is 6. The van der Waals surface area contributed by atoms with Gasteiger partial charge in [0.15, 0.2) is 0 Å². The topological polar surface area (TPSA) is 209 Å². The number of benzene rings is 1. The number of likely N-dealkylation sites (N-methyl/N-ethyl adjacent to an activating group) is 1.